The van der Waals surface area contributed by atoms with Gasteiger partial charge in [-0.05, 0) is 36.2 Å². The summed E-state index contributed by atoms with van der Waals surface area (Å²) < 4.78 is 1.75. The van der Waals surface area contributed by atoms with Crippen molar-refractivity contribution in [1.82, 2.24) is 20.1 Å². The number of aromatic nitrogens is 3. The highest BCUT2D eigenvalue weighted by atomic mass is 32.2. The van der Waals surface area contributed by atoms with Gasteiger partial charge in [0, 0.05) is 18.3 Å². The van der Waals surface area contributed by atoms with E-state index in [1.807, 2.05) is 68.6 Å². The molecule has 0 saturated carbocycles. The summed E-state index contributed by atoms with van der Waals surface area (Å²) >= 11 is 1.29. The van der Waals surface area contributed by atoms with Crippen LogP contribution in [0.2, 0.25) is 0 Å². The Morgan fingerprint density at radius 2 is 1.71 bits per heavy atom. The summed E-state index contributed by atoms with van der Waals surface area (Å²) in [5, 5.41) is 14.4. The normalized spacial score (nSPS) is 11.6. The van der Waals surface area contributed by atoms with E-state index in [1.54, 1.807) is 35.2 Å². The first-order valence-corrected chi connectivity index (χ1v) is 11.8. The average molecular weight is 472 g/mol. The molecular weight excluding hydrogens is 446 g/mol. The van der Waals surface area contributed by atoms with Gasteiger partial charge >= 0.3 is 0 Å². The van der Waals surface area contributed by atoms with Crippen molar-refractivity contribution in [2.45, 2.75) is 18.1 Å². The Morgan fingerprint density at radius 1 is 0.971 bits per heavy atom. The van der Waals surface area contributed by atoms with Crippen molar-refractivity contribution in [3.05, 3.63) is 107 Å². The van der Waals surface area contributed by atoms with Crippen LogP contribution in [0.15, 0.2) is 90.3 Å². The Morgan fingerprint density at radius 3 is 2.41 bits per heavy atom. The van der Waals surface area contributed by atoms with Gasteiger partial charge in [-0.25, -0.2) is 0 Å². The van der Waals surface area contributed by atoms with E-state index >= 15 is 0 Å². The quantitative estimate of drug-likeness (QED) is 0.373. The Bertz CT molecular complexity index is 1270. The molecule has 3 aromatic carbocycles. The van der Waals surface area contributed by atoms with Crippen molar-refractivity contribution in [3.8, 4) is 0 Å². The van der Waals surface area contributed by atoms with Crippen LogP contribution in [0.25, 0.3) is 0 Å². The van der Waals surface area contributed by atoms with E-state index in [4.69, 9.17) is 0 Å². The van der Waals surface area contributed by atoms with Crippen LogP contribution in [-0.2, 0) is 11.8 Å². The second-order valence-corrected chi connectivity index (χ2v) is 8.81. The number of hydrogen-bond donors (Lipinski definition) is 2. The van der Waals surface area contributed by atoms with E-state index < -0.39 is 0 Å². The second-order valence-electron chi connectivity index (χ2n) is 7.87. The van der Waals surface area contributed by atoms with Gasteiger partial charge in [0.15, 0.2) is 5.16 Å². The molecule has 0 aliphatic rings. The highest BCUT2D eigenvalue weighted by molar-refractivity contribution is 7.99. The van der Waals surface area contributed by atoms with Crippen molar-refractivity contribution in [2.75, 3.05) is 11.1 Å². The number of benzene rings is 3. The molecule has 0 spiro atoms. The third-order valence-electron chi connectivity index (χ3n) is 5.23. The fourth-order valence-corrected chi connectivity index (χ4v) is 4.13. The molecule has 0 radical (unpaired) electrons. The van der Waals surface area contributed by atoms with Gasteiger partial charge in [-0.3, -0.25) is 9.59 Å². The second kappa shape index (κ2) is 10.8. The Hall–Kier alpha value is -3.91. The first-order valence-electron chi connectivity index (χ1n) is 10.8. The Balaban J connectivity index is 1.46. The third kappa shape index (κ3) is 5.90. The number of rotatable bonds is 8. The largest absolute Gasteiger partial charge is 0.341 e. The zero-order chi connectivity index (χ0) is 23.9. The van der Waals surface area contributed by atoms with E-state index in [2.05, 4.69) is 20.8 Å². The topological polar surface area (TPSA) is 88.9 Å². The highest BCUT2D eigenvalue weighted by Gasteiger charge is 2.18. The molecule has 2 N–H and O–H groups in total. The number of aryl methyl sites for hydroxylation is 2. The minimum absolute atomic E-state index is 0.187. The van der Waals surface area contributed by atoms with Gasteiger partial charge < -0.3 is 15.2 Å². The molecule has 2 amide bonds. The average Bonchev–Trinajstić information content (AvgIpc) is 3.27. The summed E-state index contributed by atoms with van der Waals surface area (Å²) in [5.41, 5.74) is 4.16. The SMILES string of the molecule is Cc1ccc(C(NC(=O)c2cccc(NC(=O)CSc3nncn3C)c2)c2ccccc2)cc1. The van der Waals surface area contributed by atoms with Crippen LogP contribution in [0.4, 0.5) is 5.69 Å². The van der Waals surface area contributed by atoms with Gasteiger partial charge in [-0.1, -0.05) is 78.0 Å². The molecule has 0 bridgehead atoms. The van der Waals surface area contributed by atoms with Crippen LogP contribution < -0.4 is 10.6 Å². The van der Waals surface area contributed by atoms with E-state index in [9.17, 15) is 9.59 Å². The van der Waals surface area contributed by atoms with Crippen LogP contribution in [0.5, 0.6) is 0 Å². The minimum Gasteiger partial charge on any atom is -0.341 e. The van der Waals surface area contributed by atoms with Crippen molar-refractivity contribution < 1.29 is 9.59 Å². The van der Waals surface area contributed by atoms with Crippen molar-refractivity contribution in [3.63, 3.8) is 0 Å². The number of carbonyl (C=O) groups is 2. The lowest BCUT2D eigenvalue weighted by molar-refractivity contribution is -0.113. The molecule has 1 unspecified atom stereocenters. The lowest BCUT2D eigenvalue weighted by Crippen LogP contribution is -2.29. The van der Waals surface area contributed by atoms with E-state index in [1.165, 1.54) is 11.8 Å². The maximum atomic E-state index is 13.2. The van der Waals surface area contributed by atoms with Gasteiger partial charge in [-0.15, -0.1) is 10.2 Å². The Kier molecular flexibility index (Phi) is 7.39. The summed E-state index contributed by atoms with van der Waals surface area (Å²) in [4.78, 5) is 25.6. The number of nitrogens with one attached hydrogen (secondary N) is 2. The predicted molar refractivity (Wildman–Crippen MR) is 134 cm³/mol. The maximum absolute atomic E-state index is 13.2. The zero-order valence-corrected chi connectivity index (χ0v) is 19.8. The monoisotopic (exact) mass is 471 g/mol. The Labute approximate surface area is 202 Å². The molecule has 1 heterocycles. The summed E-state index contributed by atoms with van der Waals surface area (Å²) in [5.74, 6) is -0.224. The number of anilines is 1. The third-order valence-corrected chi connectivity index (χ3v) is 6.26. The van der Waals surface area contributed by atoms with Crippen LogP contribution in [0, 0.1) is 6.92 Å². The lowest BCUT2D eigenvalue weighted by Gasteiger charge is -2.20. The standard InChI is InChI=1S/C26H25N5O2S/c1-18-11-13-20(14-12-18)24(19-7-4-3-5-8-19)29-25(33)21-9-6-10-22(15-21)28-23(32)16-34-26-30-27-17-31(26)2/h3-15,17,24H,16H2,1-2H3,(H,28,32)(H,29,33). The molecule has 7 nitrogen and oxygen atoms in total. The van der Waals surface area contributed by atoms with Crippen LogP contribution in [0.1, 0.15) is 33.1 Å². The number of amides is 2. The first kappa shape index (κ1) is 23.3. The van der Waals surface area contributed by atoms with Gasteiger partial charge in [-0.2, -0.15) is 0 Å². The van der Waals surface area contributed by atoms with Gasteiger partial charge in [0.2, 0.25) is 5.91 Å². The summed E-state index contributed by atoms with van der Waals surface area (Å²) in [6, 6.07) is 24.6. The van der Waals surface area contributed by atoms with Crippen molar-refractivity contribution in [1.29, 1.82) is 0 Å². The molecule has 0 aliphatic carbocycles. The molecule has 172 valence electrons. The molecule has 34 heavy (non-hydrogen) atoms. The fourth-order valence-electron chi connectivity index (χ4n) is 3.45. The van der Waals surface area contributed by atoms with Crippen molar-refractivity contribution >= 4 is 29.3 Å². The first-order chi connectivity index (χ1) is 16.5. The number of hydrogen-bond acceptors (Lipinski definition) is 5. The van der Waals surface area contributed by atoms with Crippen LogP contribution in [0.3, 0.4) is 0 Å². The maximum Gasteiger partial charge on any atom is 0.252 e. The summed E-state index contributed by atoms with van der Waals surface area (Å²) in [6.45, 7) is 2.03. The molecular formula is C26H25N5O2S. The molecule has 4 rings (SSSR count). The highest BCUT2D eigenvalue weighted by Crippen LogP contribution is 2.23. The van der Waals surface area contributed by atoms with Crippen molar-refractivity contribution in [2.24, 2.45) is 7.05 Å². The zero-order valence-electron chi connectivity index (χ0n) is 18.9. The molecule has 8 heteroatoms. The van der Waals surface area contributed by atoms with Gasteiger partial charge in [0.05, 0.1) is 11.8 Å². The molecule has 4 aromatic rings. The smallest absolute Gasteiger partial charge is 0.252 e. The summed E-state index contributed by atoms with van der Waals surface area (Å²) in [7, 11) is 1.82. The number of nitrogens with zero attached hydrogens (tertiary/aromatic N) is 3. The molecule has 1 atom stereocenters. The number of thioether (sulfide) groups is 1. The van der Waals surface area contributed by atoms with Gasteiger partial charge in [0.25, 0.3) is 5.91 Å². The van der Waals surface area contributed by atoms with Crippen LogP contribution in [-0.4, -0.2) is 32.3 Å². The molecule has 1 aromatic heterocycles. The number of carbonyl (C=O) groups excluding carboxylic acids is 2. The lowest BCUT2D eigenvalue weighted by atomic mass is 9.97. The molecule has 0 aliphatic heterocycles. The fraction of sp³-hybridized carbons (Fsp3) is 0.154. The summed E-state index contributed by atoms with van der Waals surface area (Å²) in [6.07, 6.45) is 1.58. The predicted octanol–water partition coefficient (Wildman–Crippen LogP) is 4.37. The van der Waals surface area contributed by atoms with Gasteiger partial charge in [0.1, 0.15) is 6.33 Å². The molecule has 0 fully saturated rings. The minimum atomic E-state index is -0.296. The van der Waals surface area contributed by atoms with E-state index in [0.29, 0.717) is 16.4 Å². The van der Waals surface area contributed by atoms with E-state index in [0.717, 1.165) is 16.7 Å². The molecule has 0 saturated heterocycles. The van der Waals surface area contributed by atoms with Crippen LogP contribution >= 0.6 is 11.8 Å². The van der Waals surface area contributed by atoms with E-state index in [-0.39, 0.29) is 23.6 Å².